The van der Waals surface area contributed by atoms with Gasteiger partial charge in [-0.25, -0.2) is 0 Å². The van der Waals surface area contributed by atoms with E-state index >= 15 is 0 Å². The van der Waals surface area contributed by atoms with Crippen molar-refractivity contribution in [2.24, 2.45) is 0 Å². The number of hydrogen-bond acceptors (Lipinski definition) is 4. The summed E-state index contributed by atoms with van der Waals surface area (Å²) in [4.78, 5) is 26.8. The average Bonchev–Trinajstić information content (AvgIpc) is 3.23. The Kier molecular flexibility index (Phi) is 6.15. The molecule has 2 aromatic rings. The van der Waals surface area contributed by atoms with Gasteiger partial charge >= 0.3 is 0 Å². The van der Waals surface area contributed by atoms with Crippen molar-refractivity contribution in [1.82, 2.24) is 5.32 Å². The zero-order valence-corrected chi connectivity index (χ0v) is 17.1. The highest BCUT2D eigenvalue weighted by atomic mass is 16.7. The molecule has 2 amide bonds. The molecule has 0 radical (unpaired) electrons. The summed E-state index contributed by atoms with van der Waals surface area (Å²) in [6, 6.07) is 13.1. The Labute approximate surface area is 175 Å². The molecule has 0 bridgehead atoms. The number of rotatable bonds is 6. The van der Waals surface area contributed by atoms with E-state index < -0.39 is 0 Å². The van der Waals surface area contributed by atoms with E-state index in [4.69, 9.17) is 9.47 Å². The van der Waals surface area contributed by atoms with Crippen molar-refractivity contribution >= 4 is 17.5 Å². The monoisotopic (exact) mass is 412 g/mol. The Hall–Kier alpha value is -3.10. The summed E-state index contributed by atoms with van der Waals surface area (Å²) < 4.78 is 10.8. The van der Waals surface area contributed by atoms with E-state index in [1.807, 2.05) is 6.07 Å². The van der Waals surface area contributed by atoms with Crippen molar-refractivity contribution in [2.45, 2.75) is 6.54 Å². The van der Waals surface area contributed by atoms with Crippen LogP contribution in [0.2, 0.25) is 0 Å². The van der Waals surface area contributed by atoms with Crippen LogP contribution in [0.4, 0.5) is 5.69 Å². The molecule has 8 nitrogen and oxygen atoms in total. The first-order chi connectivity index (χ1) is 14.6. The highest BCUT2D eigenvalue weighted by Gasteiger charge is 2.25. The molecule has 0 spiro atoms. The van der Waals surface area contributed by atoms with Gasteiger partial charge in [0.1, 0.15) is 32.7 Å². The second kappa shape index (κ2) is 9.15. The molecular formula is C22H28N4O4+2. The van der Waals surface area contributed by atoms with E-state index in [1.54, 1.807) is 31.3 Å². The van der Waals surface area contributed by atoms with E-state index in [-0.39, 0.29) is 11.8 Å². The fourth-order valence-corrected chi connectivity index (χ4v) is 3.93. The molecule has 4 rings (SSSR count). The minimum absolute atomic E-state index is 0.00286. The predicted molar refractivity (Wildman–Crippen MR) is 111 cm³/mol. The number of amides is 2. The van der Waals surface area contributed by atoms with E-state index in [1.165, 1.54) is 15.4 Å². The van der Waals surface area contributed by atoms with Gasteiger partial charge in [0, 0.05) is 23.9 Å². The molecule has 2 aromatic carbocycles. The molecule has 2 aliphatic heterocycles. The molecule has 1 saturated heterocycles. The van der Waals surface area contributed by atoms with Gasteiger partial charge in [-0.05, 0) is 42.5 Å². The van der Waals surface area contributed by atoms with Crippen molar-refractivity contribution < 1.29 is 28.9 Å². The van der Waals surface area contributed by atoms with E-state index in [0.29, 0.717) is 24.6 Å². The molecule has 158 valence electrons. The first kappa shape index (κ1) is 20.2. The summed E-state index contributed by atoms with van der Waals surface area (Å²) in [5.41, 5.74) is 2.53. The third-order valence-electron chi connectivity index (χ3n) is 5.62. The zero-order chi connectivity index (χ0) is 20.9. The number of piperazine rings is 1. The number of carbonyl (C=O) groups excluding carboxylic acids is 2. The summed E-state index contributed by atoms with van der Waals surface area (Å²) in [6.45, 7) is 5.68. The summed E-state index contributed by atoms with van der Waals surface area (Å²) in [5, 5.41) is 5.51. The quantitative estimate of drug-likeness (QED) is 0.475. The van der Waals surface area contributed by atoms with Crippen LogP contribution < -0.4 is 29.9 Å². The Morgan fingerprint density at radius 3 is 2.37 bits per heavy atom. The largest absolute Gasteiger partial charge is 0.454 e. The topological polar surface area (TPSA) is 85.5 Å². The van der Waals surface area contributed by atoms with Crippen LogP contribution in [0, 0.1) is 0 Å². The highest BCUT2D eigenvalue weighted by molar-refractivity contribution is 5.95. The second-order valence-electron chi connectivity index (χ2n) is 7.75. The summed E-state index contributed by atoms with van der Waals surface area (Å²) in [7, 11) is 1.59. The third kappa shape index (κ3) is 4.90. The van der Waals surface area contributed by atoms with Gasteiger partial charge < -0.3 is 29.9 Å². The fraction of sp³-hybridized carbons (Fsp3) is 0.364. The van der Waals surface area contributed by atoms with Gasteiger partial charge in [0.15, 0.2) is 18.0 Å². The molecule has 0 saturated carbocycles. The maximum atomic E-state index is 12.4. The number of ether oxygens (including phenoxy) is 2. The minimum Gasteiger partial charge on any atom is -0.454 e. The van der Waals surface area contributed by atoms with Crippen molar-refractivity contribution in [1.29, 1.82) is 0 Å². The van der Waals surface area contributed by atoms with Gasteiger partial charge in [-0.3, -0.25) is 9.59 Å². The van der Waals surface area contributed by atoms with Crippen LogP contribution in [0.3, 0.4) is 0 Å². The van der Waals surface area contributed by atoms with Crippen LogP contribution in [0.25, 0.3) is 0 Å². The highest BCUT2D eigenvalue weighted by Crippen LogP contribution is 2.32. The van der Waals surface area contributed by atoms with Crippen LogP contribution in [-0.4, -0.2) is 58.4 Å². The van der Waals surface area contributed by atoms with Gasteiger partial charge in [-0.15, -0.1) is 0 Å². The Morgan fingerprint density at radius 2 is 1.63 bits per heavy atom. The van der Waals surface area contributed by atoms with Gasteiger partial charge in [0.25, 0.3) is 11.8 Å². The number of benzene rings is 2. The smallest absolute Gasteiger partial charge is 0.279 e. The number of fused-ring (bicyclic) bond motifs is 1. The van der Waals surface area contributed by atoms with Crippen LogP contribution in [-0.2, 0) is 11.3 Å². The maximum absolute atomic E-state index is 12.4. The maximum Gasteiger partial charge on any atom is 0.279 e. The predicted octanol–water partition coefficient (Wildman–Crippen LogP) is -1.30. The van der Waals surface area contributed by atoms with Crippen molar-refractivity contribution in [3.63, 3.8) is 0 Å². The number of nitrogens with one attached hydrogen (secondary N) is 4. The Balaban J connectivity index is 1.21. The van der Waals surface area contributed by atoms with Gasteiger partial charge in [0.2, 0.25) is 6.79 Å². The molecular weight excluding hydrogens is 384 g/mol. The molecule has 30 heavy (non-hydrogen) atoms. The molecule has 0 unspecified atom stereocenters. The summed E-state index contributed by atoms with van der Waals surface area (Å²) in [6.07, 6.45) is 0. The van der Waals surface area contributed by atoms with E-state index in [2.05, 4.69) is 22.8 Å². The Bertz CT molecular complexity index is 908. The number of anilines is 1. The second-order valence-corrected chi connectivity index (χ2v) is 7.75. The normalized spacial score (nSPS) is 19.9. The SMILES string of the molecule is CNC(=O)c1ccc(NC(=O)C[NH+]2CC[NH+](Cc3ccc4c(c3)OCO4)CC2)cc1. The third-order valence-corrected chi connectivity index (χ3v) is 5.62. The molecule has 0 atom stereocenters. The lowest BCUT2D eigenvalue weighted by Crippen LogP contribution is -3.28. The summed E-state index contributed by atoms with van der Waals surface area (Å²) in [5.74, 6) is 1.50. The van der Waals surface area contributed by atoms with Gasteiger partial charge in [-0.2, -0.15) is 0 Å². The zero-order valence-electron chi connectivity index (χ0n) is 17.1. The van der Waals surface area contributed by atoms with Crippen LogP contribution in [0.5, 0.6) is 11.5 Å². The van der Waals surface area contributed by atoms with Crippen molar-refractivity contribution in [3.05, 3.63) is 53.6 Å². The number of hydrogen-bond donors (Lipinski definition) is 4. The summed E-state index contributed by atoms with van der Waals surface area (Å²) >= 11 is 0. The van der Waals surface area contributed by atoms with E-state index in [9.17, 15) is 9.59 Å². The number of carbonyl (C=O) groups is 2. The lowest BCUT2D eigenvalue weighted by Gasteiger charge is -2.29. The number of quaternary nitrogens is 2. The molecule has 8 heteroatoms. The lowest BCUT2D eigenvalue weighted by atomic mass is 10.1. The van der Waals surface area contributed by atoms with Gasteiger partial charge in [0.05, 0.1) is 0 Å². The molecule has 2 heterocycles. The lowest BCUT2D eigenvalue weighted by molar-refractivity contribution is -1.02. The first-order valence-electron chi connectivity index (χ1n) is 10.3. The molecule has 1 fully saturated rings. The Morgan fingerprint density at radius 1 is 0.933 bits per heavy atom. The minimum atomic E-state index is -0.140. The fourth-order valence-electron chi connectivity index (χ4n) is 3.93. The standard InChI is InChI=1S/C22H26N4O4/c1-23-22(28)17-3-5-18(6-4-17)24-21(27)14-26-10-8-25(9-11-26)13-16-2-7-19-20(12-16)30-15-29-19/h2-7,12H,8-11,13-15H2,1H3,(H,23,28)(H,24,27)/p+2. The first-order valence-corrected chi connectivity index (χ1v) is 10.3. The molecule has 0 aliphatic carbocycles. The van der Waals surface area contributed by atoms with Crippen molar-refractivity contribution in [2.75, 3.05) is 51.9 Å². The average molecular weight is 412 g/mol. The van der Waals surface area contributed by atoms with Gasteiger partial charge in [-0.1, -0.05) is 0 Å². The van der Waals surface area contributed by atoms with Crippen molar-refractivity contribution in [3.8, 4) is 11.5 Å². The van der Waals surface area contributed by atoms with Crippen LogP contribution >= 0.6 is 0 Å². The molecule has 2 aliphatic rings. The van der Waals surface area contributed by atoms with E-state index in [0.717, 1.165) is 44.2 Å². The van der Waals surface area contributed by atoms with Crippen LogP contribution in [0.15, 0.2) is 42.5 Å². The molecule has 0 aromatic heterocycles. The van der Waals surface area contributed by atoms with Crippen LogP contribution in [0.1, 0.15) is 15.9 Å². The molecule has 4 N–H and O–H groups in total.